The summed E-state index contributed by atoms with van der Waals surface area (Å²) in [6.07, 6.45) is 3.35. The van der Waals surface area contributed by atoms with Gasteiger partial charge in [0.1, 0.15) is 5.82 Å². The van der Waals surface area contributed by atoms with Gasteiger partial charge in [-0.2, -0.15) is 5.10 Å². The second-order valence-corrected chi connectivity index (χ2v) is 7.09. The standard InChI is InChI=1S/C18H23N5O2/c1-4-23-10(2)14(7-19-23)18(25)22-8-12-5-6-13-16(15(12)9-22)20-11(3)21-17(13)24/h7,12,15H,4-6,8-9H2,1-3H3,(H,20,21,24)/t12-,15+/m1/s1. The molecule has 1 aliphatic heterocycles. The summed E-state index contributed by atoms with van der Waals surface area (Å²) >= 11 is 0. The van der Waals surface area contributed by atoms with Crippen molar-refractivity contribution in [2.45, 2.75) is 46.1 Å². The van der Waals surface area contributed by atoms with Gasteiger partial charge in [0, 0.05) is 36.8 Å². The highest BCUT2D eigenvalue weighted by atomic mass is 16.2. The maximum absolute atomic E-state index is 13.0. The Bertz CT molecular complexity index is 897. The predicted molar refractivity (Wildman–Crippen MR) is 92.7 cm³/mol. The fourth-order valence-electron chi connectivity index (χ4n) is 4.30. The van der Waals surface area contributed by atoms with E-state index in [1.54, 1.807) is 6.20 Å². The molecular formula is C18H23N5O2. The molecule has 2 aliphatic rings. The molecule has 0 spiro atoms. The van der Waals surface area contributed by atoms with Crippen molar-refractivity contribution >= 4 is 5.91 Å². The molecule has 2 atom stereocenters. The van der Waals surface area contributed by atoms with Gasteiger partial charge >= 0.3 is 0 Å². The van der Waals surface area contributed by atoms with Crippen molar-refractivity contribution in [3.63, 3.8) is 0 Å². The van der Waals surface area contributed by atoms with Gasteiger partial charge in [-0.25, -0.2) is 4.98 Å². The molecule has 0 aromatic carbocycles. The number of fused-ring (bicyclic) bond motifs is 3. The van der Waals surface area contributed by atoms with Crippen molar-refractivity contribution in [2.24, 2.45) is 5.92 Å². The van der Waals surface area contributed by atoms with Crippen molar-refractivity contribution in [3.8, 4) is 0 Å². The van der Waals surface area contributed by atoms with Crippen LogP contribution in [0.3, 0.4) is 0 Å². The minimum absolute atomic E-state index is 0.0224. The Morgan fingerprint density at radius 1 is 1.36 bits per heavy atom. The molecule has 1 N–H and O–H groups in total. The Balaban J connectivity index is 1.63. The molecule has 1 saturated heterocycles. The third-order valence-electron chi connectivity index (χ3n) is 5.64. The molecule has 132 valence electrons. The van der Waals surface area contributed by atoms with E-state index >= 15 is 0 Å². The Kier molecular flexibility index (Phi) is 3.74. The summed E-state index contributed by atoms with van der Waals surface area (Å²) in [7, 11) is 0. The zero-order valence-corrected chi connectivity index (χ0v) is 14.9. The van der Waals surface area contributed by atoms with Crippen LogP contribution < -0.4 is 5.56 Å². The molecule has 7 nitrogen and oxygen atoms in total. The van der Waals surface area contributed by atoms with Gasteiger partial charge in [0.15, 0.2) is 0 Å². The van der Waals surface area contributed by atoms with Crippen LogP contribution in [0.5, 0.6) is 0 Å². The second kappa shape index (κ2) is 5.82. The van der Waals surface area contributed by atoms with Gasteiger partial charge < -0.3 is 9.88 Å². The van der Waals surface area contributed by atoms with Crippen LogP contribution in [-0.4, -0.2) is 43.6 Å². The Labute approximate surface area is 146 Å². The summed E-state index contributed by atoms with van der Waals surface area (Å²) in [6.45, 7) is 7.87. The summed E-state index contributed by atoms with van der Waals surface area (Å²) in [4.78, 5) is 34.5. The van der Waals surface area contributed by atoms with E-state index in [-0.39, 0.29) is 17.4 Å². The molecule has 7 heteroatoms. The highest BCUT2D eigenvalue weighted by Crippen LogP contribution is 2.39. The van der Waals surface area contributed by atoms with Crippen LogP contribution in [0.25, 0.3) is 0 Å². The van der Waals surface area contributed by atoms with E-state index < -0.39 is 0 Å². The summed E-state index contributed by atoms with van der Waals surface area (Å²) in [5, 5.41) is 4.29. The largest absolute Gasteiger partial charge is 0.338 e. The number of nitrogens with zero attached hydrogens (tertiary/aromatic N) is 4. The van der Waals surface area contributed by atoms with Gasteiger partial charge in [-0.1, -0.05) is 0 Å². The van der Waals surface area contributed by atoms with Gasteiger partial charge in [-0.05, 0) is 39.5 Å². The molecule has 0 radical (unpaired) electrons. The van der Waals surface area contributed by atoms with Gasteiger partial charge in [0.25, 0.3) is 11.5 Å². The summed E-state index contributed by atoms with van der Waals surface area (Å²) in [5.41, 5.74) is 3.26. The van der Waals surface area contributed by atoms with Gasteiger partial charge in [-0.3, -0.25) is 14.3 Å². The fourth-order valence-corrected chi connectivity index (χ4v) is 4.30. The average molecular weight is 341 g/mol. The Morgan fingerprint density at radius 2 is 2.16 bits per heavy atom. The zero-order chi connectivity index (χ0) is 17.7. The average Bonchev–Trinajstić information content (AvgIpc) is 3.17. The predicted octanol–water partition coefficient (Wildman–Crippen LogP) is 1.41. The number of rotatable bonds is 2. The molecule has 0 bridgehead atoms. The lowest BCUT2D eigenvalue weighted by molar-refractivity contribution is 0.0785. The number of hydrogen-bond donors (Lipinski definition) is 1. The molecule has 0 unspecified atom stereocenters. The number of amides is 1. The molecule has 1 amide bonds. The number of carbonyl (C=O) groups excluding carboxylic acids is 1. The van der Waals surface area contributed by atoms with Crippen LogP contribution in [0.15, 0.2) is 11.0 Å². The first-order valence-electron chi connectivity index (χ1n) is 8.91. The van der Waals surface area contributed by atoms with E-state index in [0.29, 0.717) is 23.9 Å². The van der Waals surface area contributed by atoms with Crippen LogP contribution in [0.1, 0.15) is 52.4 Å². The highest BCUT2D eigenvalue weighted by Gasteiger charge is 2.41. The number of likely N-dealkylation sites (tertiary alicyclic amines) is 1. The lowest BCUT2D eigenvalue weighted by Gasteiger charge is -2.25. The maximum atomic E-state index is 13.0. The fraction of sp³-hybridized carbons (Fsp3) is 0.556. The minimum atomic E-state index is -0.0224. The normalized spacial score (nSPS) is 22.0. The van der Waals surface area contributed by atoms with E-state index in [1.165, 1.54) is 0 Å². The third-order valence-corrected chi connectivity index (χ3v) is 5.64. The molecular weight excluding hydrogens is 318 g/mol. The lowest BCUT2D eigenvalue weighted by atomic mass is 9.80. The topological polar surface area (TPSA) is 83.9 Å². The number of aromatic amines is 1. The van der Waals surface area contributed by atoms with Gasteiger partial charge in [0.05, 0.1) is 17.5 Å². The number of H-pyrrole nitrogens is 1. The molecule has 2 aromatic heterocycles. The van der Waals surface area contributed by atoms with Crippen molar-refractivity contribution in [1.29, 1.82) is 0 Å². The van der Waals surface area contributed by atoms with E-state index in [9.17, 15) is 9.59 Å². The molecule has 4 rings (SSSR count). The minimum Gasteiger partial charge on any atom is -0.338 e. The van der Waals surface area contributed by atoms with Crippen molar-refractivity contribution < 1.29 is 4.79 Å². The van der Waals surface area contributed by atoms with Crippen LogP contribution >= 0.6 is 0 Å². The first-order chi connectivity index (χ1) is 12.0. The van der Waals surface area contributed by atoms with E-state index in [4.69, 9.17) is 0 Å². The summed E-state index contributed by atoms with van der Waals surface area (Å²) in [5.74, 6) is 1.23. The first kappa shape index (κ1) is 16.1. The van der Waals surface area contributed by atoms with E-state index in [0.717, 1.165) is 42.9 Å². The lowest BCUT2D eigenvalue weighted by Crippen LogP contribution is -2.29. The van der Waals surface area contributed by atoms with Gasteiger partial charge in [0.2, 0.25) is 0 Å². The Hall–Kier alpha value is -2.44. The molecule has 25 heavy (non-hydrogen) atoms. The van der Waals surface area contributed by atoms with Crippen LogP contribution in [0.2, 0.25) is 0 Å². The van der Waals surface area contributed by atoms with Crippen LogP contribution in [0, 0.1) is 19.8 Å². The zero-order valence-electron chi connectivity index (χ0n) is 14.9. The number of nitrogens with one attached hydrogen (secondary N) is 1. The molecule has 2 aromatic rings. The molecule has 0 saturated carbocycles. The van der Waals surface area contributed by atoms with Gasteiger partial charge in [-0.15, -0.1) is 0 Å². The summed E-state index contributed by atoms with van der Waals surface area (Å²) in [6, 6.07) is 0. The van der Waals surface area contributed by atoms with Crippen molar-refractivity contribution in [3.05, 3.63) is 44.9 Å². The second-order valence-electron chi connectivity index (χ2n) is 7.09. The molecule has 1 fully saturated rings. The van der Waals surface area contributed by atoms with Crippen LogP contribution in [0.4, 0.5) is 0 Å². The number of carbonyl (C=O) groups is 1. The highest BCUT2D eigenvalue weighted by molar-refractivity contribution is 5.95. The molecule has 1 aliphatic carbocycles. The van der Waals surface area contributed by atoms with Crippen molar-refractivity contribution in [1.82, 2.24) is 24.6 Å². The maximum Gasteiger partial charge on any atom is 0.257 e. The summed E-state index contributed by atoms with van der Waals surface area (Å²) < 4.78 is 1.84. The molecule has 3 heterocycles. The quantitative estimate of drug-likeness (QED) is 0.895. The Morgan fingerprint density at radius 3 is 2.88 bits per heavy atom. The van der Waals surface area contributed by atoms with Crippen LogP contribution in [-0.2, 0) is 13.0 Å². The number of aryl methyl sites for hydroxylation is 2. The van der Waals surface area contributed by atoms with E-state index in [2.05, 4.69) is 15.1 Å². The smallest absolute Gasteiger partial charge is 0.257 e. The SMILES string of the molecule is CCn1ncc(C(=O)N2C[C@H]3CCc4c(nc(C)[nH]c4=O)[C@H]3C2)c1C. The number of hydrogen-bond acceptors (Lipinski definition) is 4. The monoisotopic (exact) mass is 341 g/mol. The third kappa shape index (κ3) is 2.49. The van der Waals surface area contributed by atoms with Crippen molar-refractivity contribution in [2.75, 3.05) is 13.1 Å². The number of aromatic nitrogens is 4. The van der Waals surface area contributed by atoms with E-state index in [1.807, 2.05) is 30.4 Å². The first-order valence-corrected chi connectivity index (χ1v) is 8.91.